The summed E-state index contributed by atoms with van der Waals surface area (Å²) in [5, 5.41) is 2.82. The quantitative estimate of drug-likeness (QED) is 0.187. The van der Waals surface area contributed by atoms with Gasteiger partial charge < -0.3 is 15.0 Å². The summed E-state index contributed by atoms with van der Waals surface area (Å²) in [6.07, 6.45) is 0. The Labute approximate surface area is 264 Å². The van der Waals surface area contributed by atoms with Gasteiger partial charge in [0.05, 0.1) is 10.6 Å². The van der Waals surface area contributed by atoms with Crippen molar-refractivity contribution in [3.05, 3.63) is 120 Å². The molecule has 0 saturated heterocycles. The lowest BCUT2D eigenvalue weighted by molar-refractivity contribution is -0.139. The highest BCUT2D eigenvalue weighted by atomic mass is 32.2. The fraction of sp³-hybridized carbons (Fsp3) is 0.257. The van der Waals surface area contributed by atoms with Gasteiger partial charge in [0.25, 0.3) is 10.0 Å². The number of ether oxygens (including phenoxy) is 1. The van der Waals surface area contributed by atoms with E-state index in [4.69, 9.17) is 4.74 Å². The van der Waals surface area contributed by atoms with Crippen LogP contribution in [0, 0.1) is 18.7 Å². The molecule has 45 heavy (non-hydrogen) atoms. The number of hydrogen-bond donors (Lipinski definition) is 1. The minimum atomic E-state index is -4.25. The molecule has 1 unspecified atom stereocenters. The zero-order valence-electron chi connectivity index (χ0n) is 25.8. The number of nitrogens with one attached hydrogen (secondary N) is 1. The summed E-state index contributed by atoms with van der Waals surface area (Å²) >= 11 is 0. The third-order valence-electron chi connectivity index (χ3n) is 7.14. The molecular formula is C35H38FN3O5S. The first-order valence-corrected chi connectivity index (χ1v) is 16.1. The summed E-state index contributed by atoms with van der Waals surface area (Å²) in [4.78, 5) is 28.4. The number of carbonyl (C=O) groups is 2. The lowest BCUT2D eigenvalue weighted by Gasteiger charge is -2.32. The first-order chi connectivity index (χ1) is 21.5. The molecule has 0 saturated carbocycles. The highest BCUT2D eigenvalue weighted by Gasteiger charge is 2.33. The number of benzene rings is 4. The number of para-hydroxylation sites is 1. The SMILES string of the molecule is Cc1ccc(S(=O)(=O)N(CC(=O)N(Cc2ccccc2F)C(C)C(=O)NCC(C)C)c2ccc(Oc3ccccc3)cc2)cc1. The number of amides is 2. The molecule has 1 N–H and O–H groups in total. The number of anilines is 1. The molecule has 0 aliphatic heterocycles. The van der Waals surface area contributed by atoms with Crippen LogP contribution in [0.25, 0.3) is 0 Å². The van der Waals surface area contributed by atoms with E-state index in [1.54, 1.807) is 61.5 Å². The molecule has 0 aromatic heterocycles. The monoisotopic (exact) mass is 631 g/mol. The molecule has 4 aromatic rings. The molecule has 4 rings (SSSR count). The van der Waals surface area contributed by atoms with Crippen LogP contribution in [0.4, 0.5) is 10.1 Å². The first-order valence-electron chi connectivity index (χ1n) is 14.7. The second kappa shape index (κ2) is 14.9. The molecule has 0 radical (unpaired) electrons. The van der Waals surface area contributed by atoms with Gasteiger partial charge in [0, 0.05) is 18.7 Å². The van der Waals surface area contributed by atoms with Gasteiger partial charge >= 0.3 is 0 Å². The van der Waals surface area contributed by atoms with Crippen LogP contribution in [0.15, 0.2) is 108 Å². The van der Waals surface area contributed by atoms with Gasteiger partial charge in [-0.05, 0) is 74.4 Å². The van der Waals surface area contributed by atoms with Gasteiger partial charge in [0.15, 0.2) is 0 Å². The van der Waals surface area contributed by atoms with Crippen molar-refractivity contribution in [1.82, 2.24) is 10.2 Å². The molecule has 4 aromatic carbocycles. The van der Waals surface area contributed by atoms with Crippen molar-refractivity contribution >= 4 is 27.5 Å². The third-order valence-corrected chi connectivity index (χ3v) is 8.93. The van der Waals surface area contributed by atoms with Gasteiger partial charge in [-0.3, -0.25) is 13.9 Å². The van der Waals surface area contributed by atoms with Gasteiger partial charge in [-0.2, -0.15) is 0 Å². The molecule has 0 fully saturated rings. The number of halogens is 1. The number of sulfonamides is 1. The predicted octanol–water partition coefficient (Wildman–Crippen LogP) is 6.31. The Hall–Kier alpha value is -4.70. The Morgan fingerprint density at radius 1 is 0.822 bits per heavy atom. The second-order valence-electron chi connectivity index (χ2n) is 11.2. The Kier molecular flexibility index (Phi) is 11.0. The standard InChI is InChI=1S/C35H38FN3O5S/c1-25(2)22-37-35(41)27(4)38(23-28-10-8-9-13-33(28)36)34(40)24-39(45(42,43)32-20-14-26(3)15-21-32)29-16-18-31(19-17-29)44-30-11-6-5-7-12-30/h5-21,25,27H,22-24H2,1-4H3,(H,37,41). The van der Waals surface area contributed by atoms with Crippen molar-refractivity contribution in [2.75, 3.05) is 17.4 Å². The Balaban J connectivity index is 1.70. The molecule has 0 bridgehead atoms. The number of hydrogen-bond acceptors (Lipinski definition) is 5. The van der Waals surface area contributed by atoms with E-state index in [1.165, 1.54) is 35.2 Å². The minimum absolute atomic E-state index is 0.00566. The molecule has 10 heteroatoms. The molecule has 2 amide bonds. The van der Waals surface area contributed by atoms with Crippen molar-refractivity contribution in [3.8, 4) is 11.5 Å². The van der Waals surface area contributed by atoms with Crippen molar-refractivity contribution in [3.63, 3.8) is 0 Å². The highest BCUT2D eigenvalue weighted by Crippen LogP contribution is 2.29. The van der Waals surface area contributed by atoms with Crippen molar-refractivity contribution < 1.29 is 27.1 Å². The van der Waals surface area contributed by atoms with Gasteiger partial charge in [-0.25, -0.2) is 12.8 Å². The van der Waals surface area contributed by atoms with Crippen LogP contribution < -0.4 is 14.4 Å². The van der Waals surface area contributed by atoms with E-state index < -0.39 is 40.2 Å². The lowest BCUT2D eigenvalue weighted by Crippen LogP contribution is -2.51. The molecule has 236 valence electrons. The maximum absolute atomic E-state index is 14.7. The Morgan fingerprint density at radius 3 is 2.04 bits per heavy atom. The predicted molar refractivity (Wildman–Crippen MR) is 173 cm³/mol. The van der Waals surface area contributed by atoms with Gasteiger partial charge in [0.2, 0.25) is 11.8 Å². The van der Waals surface area contributed by atoms with E-state index in [0.29, 0.717) is 18.0 Å². The van der Waals surface area contributed by atoms with Crippen molar-refractivity contribution in [2.24, 2.45) is 5.92 Å². The second-order valence-corrected chi connectivity index (χ2v) is 13.0. The summed E-state index contributed by atoms with van der Waals surface area (Å²) in [6.45, 7) is 6.79. The smallest absolute Gasteiger partial charge is 0.264 e. The van der Waals surface area contributed by atoms with Crippen molar-refractivity contribution in [1.29, 1.82) is 0 Å². The van der Waals surface area contributed by atoms with E-state index in [0.717, 1.165) is 9.87 Å². The number of rotatable bonds is 13. The normalized spacial score (nSPS) is 12.0. The minimum Gasteiger partial charge on any atom is -0.457 e. The molecule has 0 spiro atoms. The summed E-state index contributed by atoms with van der Waals surface area (Å²) < 4.78 is 49.7. The molecule has 1 atom stereocenters. The maximum Gasteiger partial charge on any atom is 0.264 e. The average molecular weight is 632 g/mol. The van der Waals surface area contributed by atoms with Crippen LogP contribution in [0.5, 0.6) is 11.5 Å². The van der Waals surface area contributed by atoms with Gasteiger partial charge in [-0.1, -0.05) is 67.9 Å². The topological polar surface area (TPSA) is 96.0 Å². The summed E-state index contributed by atoms with van der Waals surface area (Å²) in [6, 6.07) is 26.7. The van der Waals surface area contributed by atoms with Crippen LogP contribution >= 0.6 is 0 Å². The van der Waals surface area contributed by atoms with Crippen LogP contribution in [0.3, 0.4) is 0 Å². The molecule has 8 nitrogen and oxygen atoms in total. The van der Waals surface area contributed by atoms with E-state index in [1.807, 2.05) is 39.0 Å². The summed E-state index contributed by atoms with van der Waals surface area (Å²) in [5.41, 5.74) is 1.29. The van der Waals surface area contributed by atoms with E-state index in [2.05, 4.69) is 5.32 Å². The van der Waals surface area contributed by atoms with E-state index in [9.17, 15) is 22.4 Å². The van der Waals surface area contributed by atoms with E-state index >= 15 is 0 Å². The van der Waals surface area contributed by atoms with Crippen LogP contribution in [-0.4, -0.2) is 44.3 Å². The van der Waals surface area contributed by atoms with Gasteiger partial charge in [-0.15, -0.1) is 0 Å². The first kappa shape index (κ1) is 33.2. The molecule has 0 heterocycles. The maximum atomic E-state index is 14.7. The molecule has 0 aliphatic carbocycles. The van der Waals surface area contributed by atoms with Crippen LogP contribution in [-0.2, 0) is 26.2 Å². The Morgan fingerprint density at radius 2 is 1.42 bits per heavy atom. The highest BCUT2D eigenvalue weighted by molar-refractivity contribution is 7.92. The zero-order valence-corrected chi connectivity index (χ0v) is 26.6. The van der Waals surface area contributed by atoms with Gasteiger partial charge in [0.1, 0.15) is 29.9 Å². The average Bonchev–Trinajstić information content (AvgIpc) is 3.02. The number of carbonyl (C=O) groups excluding carboxylic acids is 2. The third kappa shape index (κ3) is 8.69. The van der Waals surface area contributed by atoms with Crippen LogP contribution in [0.2, 0.25) is 0 Å². The molecule has 0 aliphatic rings. The van der Waals surface area contributed by atoms with Crippen molar-refractivity contribution in [2.45, 2.75) is 45.2 Å². The summed E-state index contributed by atoms with van der Waals surface area (Å²) in [7, 11) is -4.25. The fourth-order valence-corrected chi connectivity index (χ4v) is 5.93. The number of nitrogens with zero attached hydrogens (tertiary/aromatic N) is 2. The zero-order chi connectivity index (χ0) is 32.6. The largest absolute Gasteiger partial charge is 0.457 e. The fourth-order valence-electron chi connectivity index (χ4n) is 4.52. The van der Waals surface area contributed by atoms with Crippen LogP contribution in [0.1, 0.15) is 31.9 Å². The lowest BCUT2D eigenvalue weighted by atomic mass is 10.1. The molecular weight excluding hydrogens is 593 g/mol. The summed E-state index contributed by atoms with van der Waals surface area (Å²) in [5.74, 6) is -0.391. The Bertz CT molecular complexity index is 1700. The van der Waals surface area contributed by atoms with E-state index in [-0.39, 0.29) is 28.6 Å². The number of aryl methyl sites for hydroxylation is 1.